The number of anilines is 1. The molecule has 5 aromatic rings. The third kappa shape index (κ3) is 3.87. The summed E-state index contributed by atoms with van der Waals surface area (Å²) in [5.41, 5.74) is 3.57. The van der Waals surface area contributed by atoms with Crippen LogP contribution in [0.1, 0.15) is 26.5 Å². The maximum absolute atomic E-state index is 13.4. The Balaban J connectivity index is 1.44. The molecule has 2 aromatic heterocycles. The second-order valence-electron chi connectivity index (χ2n) is 8.20. The molecule has 1 aliphatic rings. The molecule has 8 heteroatoms. The number of rotatable bonds is 5. The lowest BCUT2D eigenvalue weighted by molar-refractivity contribution is 0.0926. The molecule has 6 nitrogen and oxygen atoms in total. The van der Waals surface area contributed by atoms with E-state index in [0.29, 0.717) is 33.8 Å². The maximum atomic E-state index is 13.4. The van der Waals surface area contributed by atoms with E-state index in [0.717, 1.165) is 17.0 Å². The minimum atomic E-state index is -0.339. The van der Waals surface area contributed by atoms with Gasteiger partial charge in [-0.05, 0) is 60.7 Å². The second-order valence-corrected chi connectivity index (χ2v) is 9.04. The quantitative estimate of drug-likeness (QED) is 0.280. The summed E-state index contributed by atoms with van der Waals surface area (Å²) < 4.78 is 21.0. The second kappa shape index (κ2) is 8.90. The van der Waals surface area contributed by atoms with E-state index in [1.54, 1.807) is 48.7 Å². The minimum Gasteiger partial charge on any atom is -0.467 e. The van der Waals surface area contributed by atoms with Crippen molar-refractivity contribution in [3.63, 3.8) is 0 Å². The Labute approximate surface area is 209 Å². The fraction of sp³-hybridized carbons (Fsp3) is 0.0357. The van der Waals surface area contributed by atoms with Crippen LogP contribution in [0.2, 0.25) is 0 Å². The van der Waals surface area contributed by atoms with Crippen molar-refractivity contribution in [2.45, 2.75) is 6.54 Å². The maximum Gasteiger partial charge on any atom is 0.266 e. The van der Waals surface area contributed by atoms with E-state index in [1.165, 1.54) is 28.4 Å². The van der Waals surface area contributed by atoms with Crippen LogP contribution in [0.4, 0.5) is 15.8 Å². The van der Waals surface area contributed by atoms with Crippen molar-refractivity contribution in [3.8, 4) is 11.3 Å². The predicted molar refractivity (Wildman–Crippen MR) is 135 cm³/mol. The van der Waals surface area contributed by atoms with Crippen LogP contribution in [0.15, 0.2) is 106 Å². The number of thiazole rings is 1. The van der Waals surface area contributed by atoms with Crippen LogP contribution in [0.5, 0.6) is 0 Å². The molecule has 0 N–H and O–H groups in total. The summed E-state index contributed by atoms with van der Waals surface area (Å²) in [6.07, 6.45) is 1.61. The van der Waals surface area contributed by atoms with Crippen molar-refractivity contribution in [3.05, 3.63) is 124 Å². The largest absolute Gasteiger partial charge is 0.467 e. The van der Waals surface area contributed by atoms with Crippen LogP contribution in [0.3, 0.4) is 0 Å². The summed E-state index contributed by atoms with van der Waals surface area (Å²) in [7, 11) is 0. The lowest BCUT2D eigenvalue weighted by atomic mass is 10.1. The van der Waals surface area contributed by atoms with Crippen molar-refractivity contribution < 1.29 is 18.4 Å². The van der Waals surface area contributed by atoms with E-state index in [9.17, 15) is 14.0 Å². The lowest BCUT2D eigenvalue weighted by Crippen LogP contribution is -2.29. The van der Waals surface area contributed by atoms with Crippen molar-refractivity contribution in [2.75, 3.05) is 4.90 Å². The number of hydrogen-bond acceptors (Lipinski definition) is 5. The topological polar surface area (TPSA) is 67.8 Å². The van der Waals surface area contributed by atoms with Gasteiger partial charge in [-0.25, -0.2) is 14.3 Å². The molecule has 2 amide bonds. The fourth-order valence-electron chi connectivity index (χ4n) is 4.21. The minimum absolute atomic E-state index is 0.325. The monoisotopic (exact) mass is 495 g/mol. The van der Waals surface area contributed by atoms with Crippen LogP contribution < -0.4 is 9.70 Å². The van der Waals surface area contributed by atoms with E-state index < -0.39 is 0 Å². The lowest BCUT2D eigenvalue weighted by Gasteiger charge is -2.15. The summed E-state index contributed by atoms with van der Waals surface area (Å²) in [5.74, 6) is -0.261. The molecule has 0 aliphatic carbocycles. The molecule has 3 aromatic carbocycles. The predicted octanol–water partition coefficient (Wildman–Crippen LogP) is 6.03. The van der Waals surface area contributed by atoms with Gasteiger partial charge in [0.2, 0.25) is 0 Å². The Bertz CT molecular complexity index is 1630. The van der Waals surface area contributed by atoms with Crippen molar-refractivity contribution in [1.82, 2.24) is 4.57 Å². The highest BCUT2D eigenvalue weighted by molar-refractivity contribution is 7.07. The van der Waals surface area contributed by atoms with Crippen LogP contribution in [-0.4, -0.2) is 16.4 Å². The normalized spacial score (nSPS) is 13.5. The molecule has 3 heterocycles. The van der Waals surface area contributed by atoms with Crippen LogP contribution >= 0.6 is 11.3 Å². The summed E-state index contributed by atoms with van der Waals surface area (Å²) in [5, 5.41) is 1.97. The number of hydrogen-bond donors (Lipinski definition) is 0. The van der Waals surface area contributed by atoms with Gasteiger partial charge in [0.05, 0.1) is 41.0 Å². The van der Waals surface area contributed by atoms with Gasteiger partial charge in [0.25, 0.3) is 11.8 Å². The molecule has 0 radical (unpaired) electrons. The van der Waals surface area contributed by atoms with E-state index in [-0.39, 0.29) is 17.6 Å². The number of amides is 2. The first-order valence-electron chi connectivity index (χ1n) is 11.2. The van der Waals surface area contributed by atoms with Crippen LogP contribution in [0, 0.1) is 5.82 Å². The zero-order chi connectivity index (χ0) is 24.6. The third-order valence-electron chi connectivity index (χ3n) is 5.94. The molecule has 0 saturated heterocycles. The number of imide groups is 1. The first-order valence-corrected chi connectivity index (χ1v) is 12.1. The molecular formula is C28H18FN3O3S. The average molecular weight is 496 g/mol. The SMILES string of the molecule is O=C1c2ccccc2C(=O)N1c1cccc(-c2csc(=Nc3ccc(F)cc3)n2Cc2ccco2)c1. The zero-order valence-corrected chi connectivity index (χ0v) is 19.6. The van der Waals surface area contributed by atoms with Gasteiger partial charge in [0.1, 0.15) is 11.6 Å². The molecule has 176 valence electrons. The summed E-state index contributed by atoms with van der Waals surface area (Å²) in [6, 6.07) is 23.8. The zero-order valence-electron chi connectivity index (χ0n) is 18.8. The third-order valence-corrected chi connectivity index (χ3v) is 6.80. The number of halogens is 1. The number of carbonyl (C=O) groups excluding carboxylic acids is 2. The first-order chi connectivity index (χ1) is 17.6. The van der Waals surface area contributed by atoms with Gasteiger partial charge >= 0.3 is 0 Å². The molecule has 6 rings (SSSR count). The Morgan fingerprint density at radius 3 is 2.31 bits per heavy atom. The van der Waals surface area contributed by atoms with Crippen LogP contribution in [0.25, 0.3) is 11.3 Å². The molecule has 0 spiro atoms. The van der Waals surface area contributed by atoms with Gasteiger partial charge in [-0.1, -0.05) is 24.3 Å². The van der Waals surface area contributed by atoms with Gasteiger partial charge < -0.3 is 8.98 Å². The van der Waals surface area contributed by atoms with Gasteiger partial charge in [0, 0.05) is 10.9 Å². The van der Waals surface area contributed by atoms with Crippen molar-refractivity contribution >= 4 is 34.5 Å². The standard InChI is InChI=1S/C28H18FN3O3S/c29-19-10-12-20(13-11-19)30-28-31(16-22-7-4-14-35-22)25(17-36-28)18-5-3-6-21(15-18)32-26(33)23-8-1-2-9-24(23)27(32)34/h1-15,17H,16H2. The molecule has 0 fully saturated rings. The Kier molecular flexibility index (Phi) is 5.42. The van der Waals surface area contributed by atoms with E-state index in [1.807, 2.05) is 40.3 Å². The molecule has 0 saturated carbocycles. The Morgan fingerprint density at radius 1 is 0.861 bits per heavy atom. The molecule has 36 heavy (non-hydrogen) atoms. The molecule has 1 aliphatic heterocycles. The highest BCUT2D eigenvalue weighted by Crippen LogP contribution is 2.32. The van der Waals surface area contributed by atoms with E-state index >= 15 is 0 Å². The smallest absolute Gasteiger partial charge is 0.266 e. The average Bonchev–Trinajstić information content (AvgIpc) is 3.61. The summed E-state index contributed by atoms with van der Waals surface area (Å²) in [4.78, 5) is 32.6. The van der Waals surface area contributed by atoms with Crippen LogP contribution in [-0.2, 0) is 6.54 Å². The molecule has 0 atom stereocenters. The fourth-order valence-corrected chi connectivity index (χ4v) is 5.14. The number of carbonyl (C=O) groups is 2. The number of benzene rings is 3. The van der Waals surface area contributed by atoms with Gasteiger partial charge in [-0.3, -0.25) is 9.59 Å². The summed E-state index contributed by atoms with van der Waals surface area (Å²) in [6.45, 7) is 0.420. The number of nitrogens with zero attached hydrogens (tertiary/aromatic N) is 3. The number of fused-ring (bicyclic) bond motifs is 1. The molecule has 0 unspecified atom stereocenters. The van der Waals surface area contributed by atoms with E-state index in [2.05, 4.69) is 0 Å². The van der Waals surface area contributed by atoms with Gasteiger partial charge in [0.15, 0.2) is 4.80 Å². The Morgan fingerprint density at radius 2 is 1.61 bits per heavy atom. The highest BCUT2D eigenvalue weighted by Gasteiger charge is 2.36. The van der Waals surface area contributed by atoms with Crippen molar-refractivity contribution in [1.29, 1.82) is 0 Å². The number of furan rings is 1. The van der Waals surface area contributed by atoms with Gasteiger partial charge in [-0.15, -0.1) is 11.3 Å². The molecule has 0 bridgehead atoms. The summed E-state index contributed by atoms with van der Waals surface area (Å²) >= 11 is 1.43. The highest BCUT2D eigenvalue weighted by atomic mass is 32.1. The van der Waals surface area contributed by atoms with Crippen molar-refractivity contribution in [2.24, 2.45) is 4.99 Å². The molecular weight excluding hydrogens is 477 g/mol. The first kappa shape index (κ1) is 21.9. The van der Waals surface area contributed by atoms with E-state index in [4.69, 9.17) is 9.41 Å². The van der Waals surface area contributed by atoms with Gasteiger partial charge in [-0.2, -0.15) is 0 Å². The number of aromatic nitrogens is 1. The Hall–Kier alpha value is -4.56.